The second kappa shape index (κ2) is 9.45. The van der Waals surface area contributed by atoms with Crippen LogP contribution >= 0.6 is 0 Å². The number of likely N-dealkylation sites (N-methyl/N-ethyl adjacent to an activating group) is 1. The first kappa shape index (κ1) is 21.4. The standard InChI is InChI=1S/C23H30N6O/c1-16(2)15-29-21(25)20(23(30)28(29)3)22(27-19-7-5-4-6-8-19)26-14-18-11-9-17(13-24)10-12-18/h4-12,16,25-27H,13-15,24H2,1-3H3/b22-20-,25-21?. The Hall–Kier alpha value is -3.32. The Labute approximate surface area is 178 Å². The monoisotopic (exact) mass is 406 g/mol. The van der Waals surface area contributed by atoms with E-state index in [9.17, 15) is 4.79 Å². The summed E-state index contributed by atoms with van der Waals surface area (Å²) in [7, 11) is 1.71. The zero-order valence-electron chi connectivity index (χ0n) is 17.8. The lowest BCUT2D eigenvalue weighted by Gasteiger charge is -2.26. The van der Waals surface area contributed by atoms with Crippen LogP contribution in [0.5, 0.6) is 0 Å². The molecule has 5 N–H and O–H groups in total. The van der Waals surface area contributed by atoms with Gasteiger partial charge in [0.1, 0.15) is 11.4 Å². The minimum atomic E-state index is -0.204. The Morgan fingerprint density at radius 3 is 2.30 bits per heavy atom. The van der Waals surface area contributed by atoms with Crippen LogP contribution in [-0.4, -0.2) is 35.4 Å². The van der Waals surface area contributed by atoms with Gasteiger partial charge in [0.15, 0.2) is 5.84 Å². The Balaban J connectivity index is 1.91. The maximum atomic E-state index is 13.0. The van der Waals surface area contributed by atoms with Gasteiger partial charge in [-0.1, -0.05) is 56.3 Å². The van der Waals surface area contributed by atoms with Gasteiger partial charge in [-0.2, -0.15) is 0 Å². The maximum absolute atomic E-state index is 13.0. The molecular formula is C23H30N6O. The molecule has 0 bridgehead atoms. The van der Waals surface area contributed by atoms with Crippen LogP contribution in [0.15, 0.2) is 66.0 Å². The van der Waals surface area contributed by atoms with E-state index >= 15 is 0 Å². The second-order valence-electron chi connectivity index (χ2n) is 7.77. The van der Waals surface area contributed by atoms with E-state index < -0.39 is 0 Å². The topological polar surface area (TPSA) is 97.5 Å². The molecule has 1 heterocycles. The number of anilines is 1. The molecule has 2 aromatic rings. The number of nitrogens with zero attached hydrogens (tertiary/aromatic N) is 2. The number of rotatable bonds is 8. The minimum Gasteiger partial charge on any atom is -0.367 e. The molecule has 0 unspecified atom stereocenters. The van der Waals surface area contributed by atoms with E-state index in [1.165, 1.54) is 5.01 Å². The molecule has 1 saturated heterocycles. The molecule has 1 amide bonds. The summed E-state index contributed by atoms with van der Waals surface area (Å²) < 4.78 is 0. The zero-order valence-corrected chi connectivity index (χ0v) is 17.8. The number of carbonyl (C=O) groups excluding carboxylic acids is 1. The van der Waals surface area contributed by atoms with Gasteiger partial charge < -0.3 is 16.4 Å². The molecule has 1 aliphatic heterocycles. The summed E-state index contributed by atoms with van der Waals surface area (Å²) in [4.78, 5) is 13.0. The fourth-order valence-corrected chi connectivity index (χ4v) is 3.28. The van der Waals surface area contributed by atoms with Crippen molar-refractivity contribution in [2.45, 2.75) is 26.9 Å². The molecule has 158 valence electrons. The summed E-state index contributed by atoms with van der Waals surface area (Å²) in [5, 5.41) is 18.5. The van der Waals surface area contributed by atoms with Gasteiger partial charge in [-0.15, -0.1) is 0 Å². The van der Waals surface area contributed by atoms with Crippen LogP contribution in [0.25, 0.3) is 0 Å². The van der Waals surface area contributed by atoms with E-state index in [0.29, 0.717) is 36.9 Å². The van der Waals surface area contributed by atoms with Gasteiger partial charge in [-0.3, -0.25) is 20.2 Å². The molecule has 0 saturated carbocycles. The molecular weight excluding hydrogens is 376 g/mol. The number of benzene rings is 2. The van der Waals surface area contributed by atoms with Gasteiger partial charge in [0.2, 0.25) is 0 Å². The van der Waals surface area contributed by atoms with Crippen molar-refractivity contribution >= 4 is 17.4 Å². The summed E-state index contributed by atoms with van der Waals surface area (Å²) in [5.41, 5.74) is 8.98. The first-order valence-electron chi connectivity index (χ1n) is 10.1. The van der Waals surface area contributed by atoms with Gasteiger partial charge in [-0.25, -0.2) is 0 Å². The maximum Gasteiger partial charge on any atom is 0.279 e. The molecule has 30 heavy (non-hydrogen) atoms. The lowest BCUT2D eigenvalue weighted by atomic mass is 10.1. The highest BCUT2D eigenvalue weighted by atomic mass is 16.2. The highest BCUT2D eigenvalue weighted by Crippen LogP contribution is 2.23. The second-order valence-corrected chi connectivity index (χ2v) is 7.77. The number of hydrogen-bond acceptors (Lipinski definition) is 5. The molecule has 1 fully saturated rings. The number of nitrogens with two attached hydrogens (primary N) is 1. The third kappa shape index (κ3) is 4.80. The molecule has 2 aromatic carbocycles. The molecule has 0 spiro atoms. The predicted octanol–water partition coefficient (Wildman–Crippen LogP) is 2.88. The van der Waals surface area contributed by atoms with Crippen molar-refractivity contribution in [2.24, 2.45) is 11.7 Å². The number of nitrogens with one attached hydrogen (secondary N) is 3. The van der Waals surface area contributed by atoms with Crippen LogP contribution < -0.4 is 16.4 Å². The van der Waals surface area contributed by atoms with E-state index in [4.69, 9.17) is 11.1 Å². The first-order chi connectivity index (χ1) is 14.4. The summed E-state index contributed by atoms with van der Waals surface area (Å²) >= 11 is 0. The molecule has 0 atom stereocenters. The number of hydrogen-bond donors (Lipinski definition) is 4. The van der Waals surface area contributed by atoms with Crippen molar-refractivity contribution in [1.82, 2.24) is 15.3 Å². The summed E-state index contributed by atoms with van der Waals surface area (Å²) in [6.45, 7) is 5.75. The summed E-state index contributed by atoms with van der Waals surface area (Å²) in [6.07, 6.45) is 0. The van der Waals surface area contributed by atoms with Crippen LogP contribution in [0.2, 0.25) is 0 Å². The van der Waals surface area contributed by atoms with Gasteiger partial charge >= 0.3 is 0 Å². The highest BCUT2D eigenvalue weighted by Gasteiger charge is 2.38. The molecule has 0 aromatic heterocycles. The average Bonchev–Trinajstić information content (AvgIpc) is 2.95. The van der Waals surface area contributed by atoms with Crippen LogP contribution in [0.4, 0.5) is 5.69 Å². The van der Waals surface area contributed by atoms with E-state index in [1.807, 2.05) is 54.6 Å². The van der Waals surface area contributed by atoms with E-state index in [0.717, 1.165) is 16.8 Å². The van der Waals surface area contributed by atoms with E-state index in [-0.39, 0.29) is 11.7 Å². The number of para-hydroxylation sites is 1. The summed E-state index contributed by atoms with van der Waals surface area (Å²) in [6, 6.07) is 17.7. The molecule has 7 heteroatoms. The normalized spacial score (nSPS) is 15.8. The molecule has 7 nitrogen and oxygen atoms in total. The molecule has 0 radical (unpaired) electrons. The minimum absolute atomic E-state index is 0.195. The van der Waals surface area contributed by atoms with Crippen LogP contribution in [-0.2, 0) is 17.9 Å². The number of hydrazine groups is 1. The molecule has 1 aliphatic rings. The Bertz CT molecular complexity index is 920. The van der Waals surface area contributed by atoms with Gasteiger partial charge in [0, 0.05) is 32.4 Å². The van der Waals surface area contributed by atoms with Gasteiger partial charge in [0.25, 0.3) is 5.91 Å². The number of amides is 1. The zero-order chi connectivity index (χ0) is 21.7. The highest BCUT2D eigenvalue weighted by molar-refractivity contribution is 6.24. The van der Waals surface area contributed by atoms with Crippen molar-refractivity contribution < 1.29 is 4.79 Å². The lowest BCUT2D eigenvalue weighted by molar-refractivity contribution is -0.132. The third-order valence-corrected chi connectivity index (χ3v) is 4.92. The fourth-order valence-electron chi connectivity index (χ4n) is 3.28. The SMILES string of the molecule is CC(C)CN1C(=N)/C(=C(\NCc2ccc(CN)cc2)Nc2ccccc2)C(=O)N1C. The van der Waals surface area contributed by atoms with Crippen molar-refractivity contribution in [1.29, 1.82) is 5.41 Å². The Morgan fingerprint density at radius 2 is 1.70 bits per heavy atom. The average molecular weight is 407 g/mol. The van der Waals surface area contributed by atoms with E-state index in [1.54, 1.807) is 12.1 Å². The van der Waals surface area contributed by atoms with Crippen molar-refractivity contribution in [3.05, 3.63) is 77.1 Å². The smallest absolute Gasteiger partial charge is 0.279 e. The molecule has 3 rings (SSSR count). The first-order valence-corrected chi connectivity index (χ1v) is 10.1. The number of carbonyl (C=O) groups is 1. The molecule has 0 aliphatic carbocycles. The Morgan fingerprint density at radius 1 is 1.07 bits per heavy atom. The fraction of sp³-hybridized carbons (Fsp3) is 0.304. The largest absolute Gasteiger partial charge is 0.367 e. The van der Waals surface area contributed by atoms with Gasteiger partial charge in [-0.05, 0) is 29.2 Å². The predicted molar refractivity (Wildman–Crippen MR) is 120 cm³/mol. The third-order valence-electron chi connectivity index (χ3n) is 4.92. The summed E-state index contributed by atoms with van der Waals surface area (Å²) in [5.74, 6) is 0.836. The quantitative estimate of drug-likeness (QED) is 0.506. The van der Waals surface area contributed by atoms with E-state index in [2.05, 4.69) is 24.5 Å². The van der Waals surface area contributed by atoms with Gasteiger partial charge in [0.05, 0.1) is 0 Å². The van der Waals surface area contributed by atoms with Crippen LogP contribution in [0.1, 0.15) is 25.0 Å². The Kier molecular flexibility index (Phi) is 6.74. The number of amidine groups is 1. The van der Waals surface area contributed by atoms with Crippen LogP contribution in [0, 0.1) is 11.3 Å². The van der Waals surface area contributed by atoms with Crippen molar-refractivity contribution in [3.63, 3.8) is 0 Å². The van der Waals surface area contributed by atoms with Crippen LogP contribution in [0.3, 0.4) is 0 Å². The van der Waals surface area contributed by atoms with Crippen molar-refractivity contribution in [3.8, 4) is 0 Å². The lowest BCUT2D eigenvalue weighted by Crippen LogP contribution is -2.39. The van der Waals surface area contributed by atoms with Crippen molar-refractivity contribution in [2.75, 3.05) is 18.9 Å².